The van der Waals surface area contributed by atoms with Crippen molar-refractivity contribution in [2.75, 3.05) is 40.4 Å². The third kappa shape index (κ3) is 3.35. The van der Waals surface area contributed by atoms with Gasteiger partial charge >= 0.3 is 0 Å². The number of nitrogens with zero attached hydrogens (tertiary/aromatic N) is 1. The fraction of sp³-hybridized carbons (Fsp3) is 1.00. The fourth-order valence-corrected chi connectivity index (χ4v) is 4.04. The molecule has 0 bridgehead atoms. The maximum Gasteiger partial charge on any atom is 0.0971 e. The number of ether oxygens (including phenoxy) is 2. The van der Waals surface area contributed by atoms with E-state index in [2.05, 4.69) is 10.2 Å². The molecule has 1 N–H and O–H groups in total. The molecule has 2 atom stereocenters. The van der Waals surface area contributed by atoms with E-state index in [1.54, 1.807) is 14.2 Å². The summed E-state index contributed by atoms with van der Waals surface area (Å²) < 4.78 is 11.1. The molecule has 0 amide bonds. The zero-order chi connectivity index (χ0) is 14.0. The summed E-state index contributed by atoms with van der Waals surface area (Å²) in [6.45, 7) is 4.48. The molecule has 1 saturated heterocycles. The van der Waals surface area contributed by atoms with Crippen molar-refractivity contribution in [2.45, 2.75) is 56.8 Å². The van der Waals surface area contributed by atoms with Crippen LogP contribution < -0.4 is 5.32 Å². The number of rotatable bonds is 7. The number of nitrogens with one attached hydrogen (secondary N) is 1. The summed E-state index contributed by atoms with van der Waals surface area (Å²) in [5.74, 6) is 0. The summed E-state index contributed by atoms with van der Waals surface area (Å²) in [4.78, 5) is 2.57. The monoisotopic (exact) mass is 282 g/mol. The highest BCUT2D eigenvalue weighted by Gasteiger charge is 2.41. The van der Waals surface area contributed by atoms with Gasteiger partial charge < -0.3 is 14.8 Å². The Morgan fingerprint density at radius 1 is 1.05 bits per heavy atom. The third-order valence-corrected chi connectivity index (χ3v) is 5.46. The van der Waals surface area contributed by atoms with Gasteiger partial charge in [-0.25, -0.2) is 0 Å². The summed E-state index contributed by atoms with van der Waals surface area (Å²) in [5, 5.41) is 3.77. The van der Waals surface area contributed by atoms with Crippen LogP contribution in [0.15, 0.2) is 0 Å². The predicted molar refractivity (Wildman–Crippen MR) is 80.0 cm³/mol. The van der Waals surface area contributed by atoms with Crippen LogP contribution in [-0.4, -0.2) is 63.5 Å². The fourth-order valence-electron chi connectivity index (χ4n) is 4.04. The van der Waals surface area contributed by atoms with Crippen molar-refractivity contribution in [3.8, 4) is 0 Å². The second-order valence-corrected chi connectivity index (χ2v) is 7.10. The highest BCUT2D eigenvalue weighted by Crippen LogP contribution is 2.40. The van der Waals surface area contributed by atoms with Crippen molar-refractivity contribution in [3.63, 3.8) is 0 Å². The molecular weight excluding hydrogens is 252 g/mol. The molecule has 1 heterocycles. The maximum absolute atomic E-state index is 5.57. The van der Waals surface area contributed by atoms with Crippen LogP contribution in [-0.2, 0) is 9.47 Å². The number of methoxy groups -OCH3 is 2. The minimum atomic E-state index is 0.245. The maximum atomic E-state index is 5.57. The van der Waals surface area contributed by atoms with Crippen LogP contribution in [0.2, 0.25) is 0 Å². The van der Waals surface area contributed by atoms with Gasteiger partial charge in [-0.2, -0.15) is 0 Å². The molecule has 20 heavy (non-hydrogen) atoms. The van der Waals surface area contributed by atoms with Gasteiger partial charge in [0.1, 0.15) is 0 Å². The van der Waals surface area contributed by atoms with E-state index in [0.29, 0.717) is 5.41 Å². The van der Waals surface area contributed by atoms with Crippen molar-refractivity contribution >= 4 is 0 Å². The molecule has 4 heteroatoms. The molecule has 3 rings (SSSR count). The predicted octanol–water partition coefficient (Wildman–Crippen LogP) is 1.64. The van der Waals surface area contributed by atoms with Crippen molar-refractivity contribution in [2.24, 2.45) is 5.41 Å². The molecule has 2 unspecified atom stereocenters. The molecule has 0 aromatic carbocycles. The third-order valence-electron chi connectivity index (χ3n) is 5.46. The number of hydrogen-bond donors (Lipinski definition) is 1. The van der Waals surface area contributed by atoms with Gasteiger partial charge in [0.05, 0.1) is 12.2 Å². The van der Waals surface area contributed by atoms with Crippen LogP contribution in [0.1, 0.15) is 38.5 Å². The van der Waals surface area contributed by atoms with E-state index in [1.807, 2.05) is 0 Å². The molecule has 3 aliphatic rings. The lowest BCUT2D eigenvalue weighted by molar-refractivity contribution is -0.00461. The van der Waals surface area contributed by atoms with Gasteiger partial charge in [-0.3, -0.25) is 4.90 Å². The van der Waals surface area contributed by atoms with Crippen LogP contribution in [0.25, 0.3) is 0 Å². The molecule has 0 spiro atoms. The minimum absolute atomic E-state index is 0.245. The van der Waals surface area contributed by atoms with E-state index in [0.717, 1.165) is 19.1 Å². The van der Waals surface area contributed by atoms with E-state index < -0.39 is 0 Å². The Balaban J connectivity index is 1.55. The first-order valence-corrected chi connectivity index (χ1v) is 8.26. The zero-order valence-corrected chi connectivity index (χ0v) is 13.1. The SMILES string of the molecule is COC1CN(CC2(CNC3CC3)CCCC2)CC1OC. The van der Waals surface area contributed by atoms with Crippen molar-refractivity contribution in [1.29, 1.82) is 0 Å². The largest absolute Gasteiger partial charge is 0.377 e. The minimum Gasteiger partial charge on any atom is -0.377 e. The molecule has 2 saturated carbocycles. The first-order chi connectivity index (χ1) is 9.74. The topological polar surface area (TPSA) is 33.7 Å². The summed E-state index contributed by atoms with van der Waals surface area (Å²) in [7, 11) is 3.61. The van der Waals surface area contributed by atoms with Crippen LogP contribution in [0.3, 0.4) is 0 Å². The molecule has 1 aliphatic heterocycles. The van der Waals surface area contributed by atoms with Crippen LogP contribution >= 0.6 is 0 Å². The van der Waals surface area contributed by atoms with Gasteiger partial charge in [-0.05, 0) is 31.1 Å². The van der Waals surface area contributed by atoms with Crippen LogP contribution in [0.4, 0.5) is 0 Å². The normalized spacial score (nSPS) is 33.9. The second-order valence-electron chi connectivity index (χ2n) is 7.10. The Labute approximate surface area is 123 Å². The van der Waals surface area contributed by atoms with Gasteiger partial charge in [0, 0.05) is 46.4 Å². The molecular formula is C16H30N2O2. The Morgan fingerprint density at radius 2 is 1.65 bits per heavy atom. The van der Waals surface area contributed by atoms with Gasteiger partial charge in [0.15, 0.2) is 0 Å². The van der Waals surface area contributed by atoms with E-state index in [4.69, 9.17) is 9.47 Å². The summed E-state index contributed by atoms with van der Waals surface area (Å²) in [6, 6.07) is 0.824. The number of likely N-dealkylation sites (tertiary alicyclic amines) is 1. The summed E-state index contributed by atoms with van der Waals surface area (Å²) >= 11 is 0. The average molecular weight is 282 g/mol. The number of hydrogen-bond acceptors (Lipinski definition) is 4. The molecule has 4 nitrogen and oxygen atoms in total. The first-order valence-electron chi connectivity index (χ1n) is 8.26. The van der Waals surface area contributed by atoms with Crippen LogP contribution in [0.5, 0.6) is 0 Å². The van der Waals surface area contributed by atoms with Gasteiger partial charge in [0.2, 0.25) is 0 Å². The molecule has 3 fully saturated rings. The van der Waals surface area contributed by atoms with Crippen molar-refractivity contribution in [3.05, 3.63) is 0 Å². The highest BCUT2D eigenvalue weighted by molar-refractivity contribution is 4.95. The Kier molecular flexibility index (Phi) is 4.65. The second kappa shape index (κ2) is 6.30. The first kappa shape index (κ1) is 14.8. The Hall–Kier alpha value is -0.160. The van der Waals surface area contributed by atoms with E-state index in [1.165, 1.54) is 51.6 Å². The molecule has 0 aromatic heterocycles. The van der Waals surface area contributed by atoms with E-state index in [9.17, 15) is 0 Å². The Morgan fingerprint density at radius 3 is 2.15 bits per heavy atom. The van der Waals surface area contributed by atoms with Crippen LogP contribution in [0, 0.1) is 5.41 Å². The van der Waals surface area contributed by atoms with Crippen molar-refractivity contribution < 1.29 is 9.47 Å². The lowest BCUT2D eigenvalue weighted by Crippen LogP contribution is -2.43. The lowest BCUT2D eigenvalue weighted by Gasteiger charge is -2.34. The Bertz CT molecular complexity index is 302. The zero-order valence-electron chi connectivity index (χ0n) is 13.1. The molecule has 2 aliphatic carbocycles. The van der Waals surface area contributed by atoms with Crippen molar-refractivity contribution in [1.82, 2.24) is 10.2 Å². The summed E-state index contributed by atoms with van der Waals surface area (Å²) in [6.07, 6.45) is 8.85. The smallest absolute Gasteiger partial charge is 0.0971 e. The van der Waals surface area contributed by atoms with E-state index >= 15 is 0 Å². The highest BCUT2D eigenvalue weighted by atomic mass is 16.5. The van der Waals surface area contributed by atoms with Gasteiger partial charge in [-0.15, -0.1) is 0 Å². The lowest BCUT2D eigenvalue weighted by atomic mass is 9.85. The van der Waals surface area contributed by atoms with Gasteiger partial charge in [0.25, 0.3) is 0 Å². The molecule has 116 valence electrons. The van der Waals surface area contributed by atoms with E-state index in [-0.39, 0.29) is 12.2 Å². The molecule has 0 radical (unpaired) electrons. The quantitative estimate of drug-likeness (QED) is 0.770. The standard InChI is InChI=1S/C16H30N2O2/c1-19-14-9-18(10-15(14)20-2)12-16(7-3-4-8-16)11-17-13-5-6-13/h13-15,17H,3-12H2,1-2H3. The van der Waals surface area contributed by atoms with Gasteiger partial charge in [-0.1, -0.05) is 12.8 Å². The average Bonchev–Trinajstić information content (AvgIpc) is 3.05. The summed E-state index contributed by atoms with van der Waals surface area (Å²) in [5.41, 5.74) is 0.503. The molecule has 0 aromatic rings.